The van der Waals surface area contributed by atoms with Crippen molar-refractivity contribution in [3.8, 4) is 11.5 Å². The zero-order valence-electron chi connectivity index (χ0n) is 16.5. The van der Waals surface area contributed by atoms with Crippen LogP contribution < -0.4 is 14.4 Å². The first-order chi connectivity index (χ1) is 13.7. The Labute approximate surface area is 165 Å². The van der Waals surface area contributed by atoms with Crippen LogP contribution >= 0.6 is 0 Å². The third kappa shape index (κ3) is 3.61. The fourth-order valence-electron chi connectivity index (χ4n) is 3.94. The number of benzene rings is 1. The van der Waals surface area contributed by atoms with Crippen molar-refractivity contribution in [2.75, 3.05) is 38.8 Å². The van der Waals surface area contributed by atoms with Crippen LogP contribution in [-0.4, -0.2) is 54.6 Å². The smallest absolute Gasteiger partial charge is 0.274 e. The number of anilines is 1. The number of ether oxygens (including phenoxy) is 2. The van der Waals surface area contributed by atoms with Gasteiger partial charge in [-0.3, -0.25) is 4.79 Å². The number of piperidine rings is 1. The number of hydrogen-bond acceptors (Lipinski definition) is 6. The maximum atomic E-state index is 12.9. The molecular formula is C21H26N4O3. The van der Waals surface area contributed by atoms with Crippen LogP contribution in [0.25, 0.3) is 0 Å². The van der Waals surface area contributed by atoms with Crippen LogP contribution in [0.3, 0.4) is 0 Å². The number of fused-ring (bicyclic) bond motifs is 1. The lowest BCUT2D eigenvalue weighted by atomic mass is 9.98. The number of nitrogens with zero attached hydrogens (tertiary/aromatic N) is 4. The van der Waals surface area contributed by atoms with Crippen molar-refractivity contribution in [3.63, 3.8) is 0 Å². The third-order valence-corrected chi connectivity index (χ3v) is 5.54. The van der Waals surface area contributed by atoms with Crippen LogP contribution in [0, 0.1) is 0 Å². The highest BCUT2D eigenvalue weighted by Gasteiger charge is 2.25. The van der Waals surface area contributed by atoms with Crippen LogP contribution in [0.1, 0.15) is 40.9 Å². The fraction of sp³-hybridized carbons (Fsp3) is 0.476. The van der Waals surface area contributed by atoms with Crippen molar-refractivity contribution in [1.29, 1.82) is 0 Å². The SMILES string of the molecule is COc1cc2c(cc1OC)CN(C(=O)c1cnc(N3CCCCC3)cn1)CC2. The van der Waals surface area contributed by atoms with Gasteiger partial charge in [-0.1, -0.05) is 0 Å². The number of methoxy groups -OCH3 is 2. The summed E-state index contributed by atoms with van der Waals surface area (Å²) in [6, 6.07) is 3.96. The van der Waals surface area contributed by atoms with E-state index in [9.17, 15) is 4.79 Å². The van der Waals surface area contributed by atoms with Gasteiger partial charge in [0, 0.05) is 26.2 Å². The molecule has 7 nitrogen and oxygen atoms in total. The van der Waals surface area contributed by atoms with Gasteiger partial charge in [0.15, 0.2) is 11.5 Å². The molecule has 4 rings (SSSR count). The molecule has 0 saturated carbocycles. The minimum Gasteiger partial charge on any atom is -0.493 e. The number of carbonyl (C=O) groups excluding carboxylic acids is 1. The second kappa shape index (κ2) is 8.04. The lowest BCUT2D eigenvalue weighted by Crippen LogP contribution is -2.36. The summed E-state index contributed by atoms with van der Waals surface area (Å²) in [4.78, 5) is 25.9. The van der Waals surface area contributed by atoms with Gasteiger partial charge >= 0.3 is 0 Å². The predicted octanol–water partition coefficient (Wildman–Crippen LogP) is 2.68. The van der Waals surface area contributed by atoms with Gasteiger partial charge in [-0.2, -0.15) is 0 Å². The molecule has 2 aromatic rings. The lowest BCUT2D eigenvalue weighted by Gasteiger charge is -2.30. The minimum atomic E-state index is -0.0851. The summed E-state index contributed by atoms with van der Waals surface area (Å²) >= 11 is 0. The average molecular weight is 382 g/mol. The van der Waals surface area contributed by atoms with Crippen LogP contribution in [0.15, 0.2) is 24.5 Å². The zero-order chi connectivity index (χ0) is 19.5. The highest BCUT2D eigenvalue weighted by molar-refractivity contribution is 5.92. The van der Waals surface area contributed by atoms with Crippen molar-refractivity contribution in [3.05, 3.63) is 41.3 Å². The summed E-state index contributed by atoms with van der Waals surface area (Å²) < 4.78 is 10.8. The van der Waals surface area contributed by atoms with Crippen LogP contribution in [0.2, 0.25) is 0 Å². The zero-order valence-corrected chi connectivity index (χ0v) is 16.5. The average Bonchev–Trinajstić information content (AvgIpc) is 2.78. The summed E-state index contributed by atoms with van der Waals surface area (Å²) in [6.45, 7) is 3.20. The van der Waals surface area contributed by atoms with Crippen molar-refractivity contribution in [1.82, 2.24) is 14.9 Å². The van der Waals surface area contributed by atoms with E-state index in [4.69, 9.17) is 9.47 Å². The molecule has 0 atom stereocenters. The lowest BCUT2D eigenvalue weighted by molar-refractivity contribution is 0.0728. The topological polar surface area (TPSA) is 67.8 Å². The minimum absolute atomic E-state index is 0.0851. The maximum Gasteiger partial charge on any atom is 0.274 e. The Morgan fingerprint density at radius 3 is 2.29 bits per heavy atom. The van der Waals surface area contributed by atoms with Crippen molar-refractivity contribution in [2.24, 2.45) is 0 Å². The first kappa shape index (κ1) is 18.5. The summed E-state index contributed by atoms with van der Waals surface area (Å²) in [6.07, 6.45) is 7.75. The van der Waals surface area contributed by atoms with E-state index in [0.717, 1.165) is 36.6 Å². The molecule has 0 N–H and O–H groups in total. The molecule has 7 heteroatoms. The standard InChI is InChI=1S/C21H26N4O3/c1-27-18-10-15-6-9-25(14-16(15)11-19(18)28-2)21(26)17-12-23-20(13-22-17)24-7-4-3-5-8-24/h10-13H,3-9,14H2,1-2H3. The maximum absolute atomic E-state index is 12.9. The van der Waals surface area contributed by atoms with Gasteiger partial charge in [-0.05, 0) is 48.9 Å². The van der Waals surface area contributed by atoms with Gasteiger partial charge < -0.3 is 19.3 Å². The number of hydrogen-bond donors (Lipinski definition) is 0. The van der Waals surface area contributed by atoms with E-state index in [1.807, 2.05) is 17.0 Å². The Morgan fingerprint density at radius 2 is 1.64 bits per heavy atom. The van der Waals surface area contributed by atoms with Crippen molar-refractivity contribution >= 4 is 11.7 Å². The van der Waals surface area contributed by atoms with Gasteiger partial charge in [0.05, 0.1) is 26.6 Å². The monoisotopic (exact) mass is 382 g/mol. The Morgan fingerprint density at radius 1 is 0.929 bits per heavy atom. The van der Waals surface area contributed by atoms with E-state index in [1.54, 1.807) is 26.6 Å². The highest BCUT2D eigenvalue weighted by Crippen LogP contribution is 2.33. The van der Waals surface area contributed by atoms with E-state index >= 15 is 0 Å². The molecule has 28 heavy (non-hydrogen) atoms. The molecular weight excluding hydrogens is 356 g/mol. The molecule has 0 spiro atoms. The molecule has 2 aliphatic heterocycles. The highest BCUT2D eigenvalue weighted by atomic mass is 16.5. The predicted molar refractivity (Wildman–Crippen MR) is 106 cm³/mol. The van der Waals surface area contributed by atoms with Crippen LogP contribution in [0.4, 0.5) is 5.82 Å². The normalized spacial score (nSPS) is 16.5. The summed E-state index contributed by atoms with van der Waals surface area (Å²) in [5.74, 6) is 2.18. The second-order valence-corrected chi connectivity index (χ2v) is 7.26. The number of amides is 1. The number of aromatic nitrogens is 2. The molecule has 0 aliphatic carbocycles. The van der Waals surface area contributed by atoms with Crippen molar-refractivity contribution in [2.45, 2.75) is 32.2 Å². The van der Waals surface area contributed by atoms with Crippen molar-refractivity contribution < 1.29 is 14.3 Å². The first-order valence-corrected chi connectivity index (χ1v) is 9.79. The third-order valence-electron chi connectivity index (χ3n) is 5.54. The number of carbonyl (C=O) groups is 1. The van der Waals surface area contributed by atoms with E-state index in [2.05, 4.69) is 14.9 Å². The quantitative estimate of drug-likeness (QED) is 0.810. The molecule has 1 fully saturated rings. The van der Waals surface area contributed by atoms with E-state index in [-0.39, 0.29) is 5.91 Å². The summed E-state index contributed by atoms with van der Waals surface area (Å²) in [5, 5.41) is 0. The molecule has 0 radical (unpaired) electrons. The van der Waals surface area contributed by atoms with E-state index in [0.29, 0.717) is 24.5 Å². The largest absolute Gasteiger partial charge is 0.493 e. The van der Waals surface area contributed by atoms with Crippen LogP contribution in [0.5, 0.6) is 11.5 Å². The summed E-state index contributed by atoms with van der Waals surface area (Å²) in [5.41, 5.74) is 2.66. The number of rotatable bonds is 4. The molecule has 0 bridgehead atoms. The van der Waals surface area contributed by atoms with E-state index < -0.39 is 0 Å². The summed E-state index contributed by atoms with van der Waals surface area (Å²) in [7, 11) is 3.25. The Hall–Kier alpha value is -2.83. The van der Waals surface area contributed by atoms with E-state index in [1.165, 1.54) is 24.8 Å². The van der Waals surface area contributed by atoms with Gasteiger partial charge in [0.1, 0.15) is 11.5 Å². The molecule has 1 aromatic heterocycles. The molecule has 1 saturated heterocycles. The van der Waals surface area contributed by atoms with Gasteiger partial charge in [-0.15, -0.1) is 0 Å². The molecule has 0 unspecified atom stereocenters. The second-order valence-electron chi connectivity index (χ2n) is 7.26. The van der Waals surface area contributed by atoms with Gasteiger partial charge in [-0.25, -0.2) is 9.97 Å². The molecule has 3 heterocycles. The Balaban J connectivity index is 1.48. The molecule has 148 valence electrons. The Bertz CT molecular complexity index is 847. The fourth-order valence-corrected chi connectivity index (χ4v) is 3.94. The first-order valence-electron chi connectivity index (χ1n) is 9.79. The molecule has 1 aromatic carbocycles. The van der Waals surface area contributed by atoms with Crippen LogP contribution in [-0.2, 0) is 13.0 Å². The molecule has 2 aliphatic rings. The van der Waals surface area contributed by atoms with Gasteiger partial charge in [0.2, 0.25) is 0 Å². The Kier molecular flexibility index (Phi) is 5.32. The molecule has 1 amide bonds. The van der Waals surface area contributed by atoms with Gasteiger partial charge in [0.25, 0.3) is 5.91 Å².